The van der Waals surface area contributed by atoms with Crippen LogP contribution >= 0.6 is 27.5 Å². The maximum atomic E-state index is 6.43. The molecule has 5 heteroatoms. The number of hydrogen-bond donors (Lipinski definition) is 0. The highest BCUT2D eigenvalue weighted by Crippen LogP contribution is 2.34. The fourth-order valence-electron chi connectivity index (χ4n) is 2.63. The fourth-order valence-corrected chi connectivity index (χ4v) is 3.55. The molecule has 0 aliphatic heterocycles. The topological polar surface area (TPSA) is 38.7 Å². The van der Waals surface area contributed by atoms with Crippen LogP contribution < -0.4 is 0 Å². The maximum absolute atomic E-state index is 6.43. The highest BCUT2D eigenvalue weighted by Gasteiger charge is 2.16. The van der Waals surface area contributed by atoms with E-state index >= 15 is 0 Å². The molecule has 0 saturated heterocycles. The number of rotatable bonds is 3. The molecular formula is C21H13BrClN3. The summed E-state index contributed by atoms with van der Waals surface area (Å²) in [5, 5.41) is 0.587. The van der Waals surface area contributed by atoms with Crippen LogP contribution in [0.4, 0.5) is 0 Å². The largest absolute Gasteiger partial charge is 0.208 e. The third kappa shape index (κ3) is 3.39. The second-order valence-corrected chi connectivity index (χ2v) is 6.90. The molecule has 126 valence electrons. The monoisotopic (exact) mass is 421 g/mol. The van der Waals surface area contributed by atoms with Gasteiger partial charge < -0.3 is 0 Å². The lowest BCUT2D eigenvalue weighted by molar-refractivity contribution is 1.07. The Hall–Kier alpha value is -2.56. The van der Waals surface area contributed by atoms with E-state index in [1.54, 1.807) is 0 Å². The Morgan fingerprint density at radius 2 is 1.08 bits per heavy atom. The van der Waals surface area contributed by atoms with Crippen molar-refractivity contribution >= 4 is 27.5 Å². The molecule has 0 bridgehead atoms. The van der Waals surface area contributed by atoms with Crippen LogP contribution in [0, 0.1) is 0 Å². The van der Waals surface area contributed by atoms with Gasteiger partial charge in [0, 0.05) is 15.6 Å². The van der Waals surface area contributed by atoms with Gasteiger partial charge in [-0.05, 0) is 28.1 Å². The van der Waals surface area contributed by atoms with Crippen molar-refractivity contribution in [1.29, 1.82) is 0 Å². The molecule has 26 heavy (non-hydrogen) atoms. The van der Waals surface area contributed by atoms with E-state index in [0.29, 0.717) is 22.5 Å². The molecule has 0 aliphatic rings. The van der Waals surface area contributed by atoms with Crippen molar-refractivity contribution in [2.24, 2.45) is 0 Å². The molecule has 4 rings (SSSR count). The van der Waals surface area contributed by atoms with Crippen LogP contribution in [-0.4, -0.2) is 15.0 Å². The molecule has 3 nitrogen and oxygen atoms in total. The van der Waals surface area contributed by atoms with Crippen molar-refractivity contribution in [2.45, 2.75) is 0 Å². The molecule has 0 unspecified atom stereocenters. The normalized spacial score (nSPS) is 10.7. The van der Waals surface area contributed by atoms with Crippen LogP contribution in [0.3, 0.4) is 0 Å². The molecule has 3 aromatic carbocycles. The van der Waals surface area contributed by atoms with Crippen molar-refractivity contribution in [3.63, 3.8) is 0 Å². The summed E-state index contributed by atoms with van der Waals surface area (Å²) in [5.41, 5.74) is 2.61. The minimum absolute atomic E-state index is 0.537. The molecule has 0 atom stereocenters. The molecule has 0 saturated carbocycles. The lowest BCUT2D eigenvalue weighted by Gasteiger charge is -2.10. The number of aromatic nitrogens is 3. The van der Waals surface area contributed by atoms with E-state index in [0.717, 1.165) is 21.2 Å². The maximum Gasteiger partial charge on any atom is 0.166 e. The molecule has 0 fully saturated rings. The first-order valence-electron chi connectivity index (χ1n) is 8.03. The van der Waals surface area contributed by atoms with Crippen LogP contribution in [0.25, 0.3) is 34.2 Å². The fraction of sp³-hybridized carbons (Fsp3) is 0. The van der Waals surface area contributed by atoms with Gasteiger partial charge in [-0.2, -0.15) is 0 Å². The Morgan fingerprint density at radius 1 is 0.577 bits per heavy atom. The van der Waals surface area contributed by atoms with E-state index < -0.39 is 0 Å². The molecule has 0 spiro atoms. The van der Waals surface area contributed by atoms with Crippen molar-refractivity contribution < 1.29 is 0 Å². The molecule has 0 amide bonds. The van der Waals surface area contributed by atoms with Crippen LogP contribution in [0.15, 0.2) is 83.3 Å². The van der Waals surface area contributed by atoms with Gasteiger partial charge in [0.1, 0.15) is 0 Å². The summed E-state index contributed by atoms with van der Waals surface area (Å²) in [5.74, 6) is 1.76. The highest BCUT2D eigenvalue weighted by molar-refractivity contribution is 9.10. The van der Waals surface area contributed by atoms with Gasteiger partial charge in [0.05, 0.1) is 10.6 Å². The Balaban J connectivity index is 1.97. The van der Waals surface area contributed by atoms with Gasteiger partial charge in [-0.1, -0.05) is 78.3 Å². The molecular weight excluding hydrogens is 410 g/mol. The summed E-state index contributed by atoms with van der Waals surface area (Å²) in [6, 6.07) is 25.4. The smallest absolute Gasteiger partial charge is 0.166 e. The van der Waals surface area contributed by atoms with E-state index in [1.807, 2.05) is 78.9 Å². The number of nitrogens with zero attached hydrogens (tertiary/aromatic N) is 3. The Bertz CT molecular complexity index is 975. The number of halogens is 2. The quantitative estimate of drug-likeness (QED) is 0.389. The predicted molar refractivity (Wildman–Crippen MR) is 109 cm³/mol. The van der Waals surface area contributed by atoms with Crippen molar-refractivity contribution in [3.8, 4) is 34.2 Å². The summed E-state index contributed by atoms with van der Waals surface area (Å²) >= 11 is 9.99. The van der Waals surface area contributed by atoms with Gasteiger partial charge in [-0.15, -0.1) is 0 Å². The molecule has 0 aliphatic carbocycles. The Kier molecular flexibility index (Phi) is 4.78. The van der Waals surface area contributed by atoms with Crippen molar-refractivity contribution in [3.05, 3.63) is 88.4 Å². The third-order valence-electron chi connectivity index (χ3n) is 3.89. The SMILES string of the molecule is Clc1cccc(Br)c1-c1nc(-c2ccccc2)nc(-c2ccccc2)n1. The van der Waals surface area contributed by atoms with Gasteiger partial charge in [0.2, 0.25) is 0 Å². The first kappa shape index (κ1) is 16.9. The zero-order valence-electron chi connectivity index (χ0n) is 13.6. The third-order valence-corrected chi connectivity index (χ3v) is 4.86. The van der Waals surface area contributed by atoms with Gasteiger partial charge in [0.15, 0.2) is 17.5 Å². The van der Waals surface area contributed by atoms with E-state index in [1.165, 1.54) is 0 Å². The second kappa shape index (κ2) is 7.36. The van der Waals surface area contributed by atoms with Gasteiger partial charge in [0.25, 0.3) is 0 Å². The standard InChI is InChI=1S/C21H13BrClN3/c22-16-12-7-13-17(23)18(16)21-25-19(14-8-3-1-4-9-14)24-20(26-21)15-10-5-2-6-11-15/h1-13H. The summed E-state index contributed by atoms with van der Waals surface area (Å²) in [7, 11) is 0. The molecule has 0 N–H and O–H groups in total. The Morgan fingerprint density at radius 3 is 1.58 bits per heavy atom. The lowest BCUT2D eigenvalue weighted by Crippen LogP contribution is -2.00. The van der Waals surface area contributed by atoms with Crippen LogP contribution in [0.2, 0.25) is 5.02 Å². The average molecular weight is 423 g/mol. The van der Waals surface area contributed by atoms with E-state index in [9.17, 15) is 0 Å². The minimum atomic E-state index is 0.537. The second-order valence-electron chi connectivity index (χ2n) is 5.63. The van der Waals surface area contributed by atoms with Gasteiger partial charge in [-0.25, -0.2) is 15.0 Å². The van der Waals surface area contributed by atoms with Crippen LogP contribution in [-0.2, 0) is 0 Å². The number of benzene rings is 3. The van der Waals surface area contributed by atoms with E-state index in [2.05, 4.69) is 30.9 Å². The summed E-state index contributed by atoms with van der Waals surface area (Å²) in [4.78, 5) is 14.0. The van der Waals surface area contributed by atoms with E-state index in [4.69, 9.17) is 11.6 Å². The predicted octanol–water partition coefficient (Wildman–Crippen LogP) is 6.29. The zero-order chi connectivity index (χ0) is 17.9. The zero-order valence-corrected chi connectivity index (χ0v) is 15.9. The van der Waals surface area contributed by atoms with Gasteiger partial charge >= 0.3 is 0 Å². The van der Waals surface area contributed by atoms with E-state index in [-0.39, 0.29) is 0 Å². The summed E-state index contributed by atoms with van der Waals surface area (Å²) in [6.07, 6.45) is 0. The molecule has 4 aromatic rings. The molecule has 1 aromatic heterocycles. The first-order valence-corrected chi connectivity index (χ1v) is 9.21. The summed E-state index contributed by atoms with van der Waals surface area (Å²) in [6.45, 7) is 0. The highest BCUT2D eigenvalue weighted by atomic mass is 79.9. The summed E-state index contributed by atoms with van der Waals surface area (Å²) < 4.78 is 0.842. The first-order chi connectivity index (χ1) is 12.7. The molecule has 0 radical (unpaired) electrons. The average Bonchev–Trinajstić information content (AvgIpc) is 2.69. The van der Waals surface area contributed by atoms with Gasteiger partial charge in [-0.3, -0.25) is 0 Å². The van der Waals surface area contributed by atoms with Crippen molar-refractivity contribution in [1.82, 2.24) is 15.0 Å². The van der Waals surface area contributed by atoms with Crippen LogP contribution in [0.5, 0.6) is 0 Å². The lowest BCUT2D eigenvalue weighted by atomic mass is 10.1. The Labute approximate surface area is 164 Å². The molecule has 1 heterocycles. The minimum Gasteiger partial charge on any atom is -0.208 e. The van der Waals surface area contributed by atoms with Crippen LogP contribution in [0.1, 0.15) is 0 Å². The number of hydrogen-bond acceptors (Lipinski definition) is 3. The van der Waals surface area contributed by atoms with Crippen molar-refractivity contribution in [2.75, 3.05) is 0 Å².